The number of hydrogen-bond donors (Lipinski definition) is 0. The molecule has 1 saturated heterocycles. The van der Waals surface area contributed by atoms with Crippen LogP contribution in [0.15, 0.2) is 24.3 Å². The Balaban J connectivity index is 1.92. The Morgan fingerprint density at radius 2 is 1.82 bits per heavy atom. The minimum absolute atomic E-state index is 0.874. The van der Waals surface area contributed by atoms with Gasteiger partial charge in [0.05, 0.1) is 12.1 Å². The predicted molar refractivity (Wildman–Crippen MR) is 74.7 cm³/mol. The third-order valence-corrected chi connectivity index (χ3v) is 3.63. The van der Waals surface area contributed by atoms with E-state index in [2.05, 4.69) is 17.0 Å². The van der Waals surface area contributed by atoms with Gasteiger partial charge in [0.15, 0.2) is 0 Å². The first-order chi connectivity index (χ1) is 8.29. The van der Waals surface area contributed by atoms with Crippen molar-refractivity contribution in [3.05, 3.63) is 29.8 Å². The van der Waals surface area contributed by atoms with Crippen LogP contribution >= 0.6 is 12.2 Å². The molecule has 1 heterocycles. The van der Waals surface area contributed by atoms with Crippen molar-refractivity contribution in [2.75, 3.05) is 20.2 Å². The summed E-state index contributed by atoms with van der Waals surface area (Å²) in [5.41, 5.74) is 1.27. The average molecular weight is 249 g/mol. The first kappa shape index (κ1) is 12.4. The molecule has 1 aromatic rings. The molecule has 92 valence electrons. The van der Waals surface area contributed by atoms with Crippen molar-refractivity contribution < 1.29 is 4.74 Å². The van der Waals surface area contributed by atoms with E-state index in [0.717, 1.165) is 30.2 Å². The first-order valence-electron chi connectivity index (χ1n) is 6.20. The van der Waals surface area contributed by atoms with Crippen LogP contribution in [0.5, 0.6) is 5.75 Å². The van der Waals surface area contributed by atoms with E-state index in [-0.39, 0.29) is 0 Å². The fourth-order valence-electron chi connectivity index (χ4n) is 2.17. The predicted octanol–water partition coefficient (Wildman–Crippen LogP) is 3.05. The van der Waals surface area contributed by atoms with Crippen LogP contribution in [-0.2, 0) is 6.42 Å². The quantitative estimate of drug-likeness (QED) is 0.764. The molecule has 1 aliphatic rings. The number of piperidine rings is 1. The lowest BCUT2D eigenvalue weighted by Crippen LogP contribution is -2.35. The van der Waals surface area contributed by atoms with Crippen LogP contribution in [0.25, 0.3) is 0 Å². The summed E-state index contributed by atoms with van der Waals surface area (Å²) in [7, 11) is 1.69. The van der Waals surface area contributed by atoms with E-state index in [1.54, 1.807) is 7.11 Å². The maximum Gasteiger partial charge on any atom is 0.118 e. The molecule has 0 unspecified atom stereocenters. The van der Waals surface area contributed by atoms with Crippen molar-refractivity contribution in [1.82, 2.24) is 4.90 Å². The summed E-state index contributed by atoms with van der Waals surface area (Å²) >= 11 is 5.51. The van der Waals surface area contributed by atoms with Crippen molar-refractivity contribution in [1.29, 1.82) is 0 Å². The lowest BCUT2D eigenvalue weighted by atomic mass is 10.1. The lowest BCUT2D eigenvalue weighted by Gasteiger charge is -2.29. The van der Waals surface area contributed by atoms with Crippen molar-refractivity contribution in [2.24, 2.45) is 0 Å². The average Bonchev–Trinajstić information content (AvgIpc) is 2.40. The fourth-order valence-corrected chi connectivity index (χ4v) is 2.52. The Morgan fingerprint density at radius 3 is 2.41 bits per heavy atom. The molecule has 2 nitrogen and oxygen atoms in total. The van der Waals surface area contributed by atoms with Gasteiger partial charge in [0.25, 0.3) is 0 Å². The molecule has 0 amide bonds. The van der Waals surface area contributed by atoms with Crippen LogP contribution in [0.2, 0.25) is 0 Å². The number of ether oxygens (including phenoxy) is 1. The zero-order valence-electron chi connectivity index (χ0n) is 10.3. The summed E-state index contributed by atoms with van der Waals surface area (Å²) < 4.78 is 5.15. The van der Waals surface area contributed by atoms with E-state index in [0.29, 0.717) is 0 Å². The summed E-state index contributed by atoms with van der Waals surface area (Å²) in [5, 5.41) is 0. The highest BCUT2D eigenvalue weighted by atomic mass is 32.1. The normalized spacial score (nSPS) is 15.7. The Labute approximate surface area is 109 Å². The van der Waals surface area contributed by atoms with Gasteiger partial charge >= 0.3 is 0 Å². The first-order valence-corrected chi connectivity index (χ1v) is 6.61. The van der Waals surface area contributed by atoms with Crippen LogP contribution in [-0.4, -0.2) is 30.1 Å². The molecule has 0 saturated carbocycles. The standard InChI is InChI=1S/C14H19NOS/c1-16-13-7-5-12(6-8-13)11-14(17)15-9-3-2-4-10-15/h5-8H,2-4,9-11H2,1H3. The van der Waals surface area contributed by atoms with Crippen LogP contribution < -0.4 is 4.74 Å². The highest BCUT2D eigenvalue weighted by Gasteiger charge is 2.13. The molecule has 2 rings (SSSR count). The van der Waals surface area contributed by atoms with Crippen molar-refractivity contribution in [3.63, 3.8) is 0 Å². The molecule has 0 bridgehead atoms. The third-order valence-electron chi connectivity index (χ3n) is 3.22. The summed E-state index contributed by atoms with van der Waals surface area (Å²) in [6.45, 7) is 2.27. The number of nitrogens with zero attached hydrogens (tertiary/aromatic N) is 1. The minimum Gasteiger partial charge on any atom is -0.497 e. The second kappa shape index (κ2) is 6.01. The van der Waals surface area contributed by atoms with Gasteiger partial charge in [0.2, 0.25) is 0 Å². The smallest absolute Gasteiger partial charge is 0.118 e. The van der Waals surface area contributed by atoms with E-state index in [9.17, 15) is 0 Å². The van der Waals surface area contributed by atoms with Gasteiger partial charge < -0.3 is 9.64 Å². The zero-order valence-corrected chi connectivity index (χ0v) is 11.1. The Bertz CT molecular complexity index is 368. The second-order valence-corrected chi connectivity index (χ2v) is 4.94. The van der Waals surface area contributed by atoms with Gasteiger partial charge in [-0.15, -0.1) is 0 Å². The molecular formula is C14H19NOS. The molecule has 0 spiro atoms. The van der Waals surface area contributed by atoms with Crippen LogP contribution in [0.4, 0.5) is 0 Å². The summed E-state index contributed by atoms with van der Waals surface area (Å²) in [6, 6.07) is 8.17. The van der Waals surface area contributed by atoms with Crippen LogP contribution in [0.3, 0.4) is 0 Å². The lowest BCUT2D eigenvalue weighted by molar-refractivity contribution is 0.343. The molecule has 17 heavy (non-hydrogen) atoms. The molecular weight excluding hydrogens is 230 g/mol. The highest BCUT2D eigenvalue weighted by molar-refractivity contribution is 7.80. The minimum atomic E-state index is 0.874. The highest BCUT2D eigenvalue weighted by Crippen LogP contribution is 2.15. The van der Waals surface area contributed by atoms with Gasteiger partial charge in [-0.2, -0.15) is 0 Å². The number of rotatable bonds is 3. The van der Waals surface area contributed by atoms with E-state index in [4.69, 9.17) is 17.0 Å². The largest absolute Gasteiger partial charge is 0.497 e. The van der Waals surface area contributed by atoms with Crippen molar-refractivity contribution in [2.45, 2.75) is 25.7 Å². The van der Waals surface area contributed by atoms with E-state index in [1.807, 2.05) is 12.1 Å². The summed E-state index contributed by atoms with van der Waals surface area (Å²) in [4.78, 5) is 3.43. The van der Waals surface area contributed by atoms with Gasteiger partial charge in [0, 0.05) is 19.5 Å². The number of methoxy groups -OCH3 is 1. The Kier molecular flexibility index (Phi) is 4.37. The molecule has 3 heteroatoms. The van der Waals surface area contributed by atoms with Crippen molar-refractivity contribution >= 4 is 17.2 Å². The molecule has 0 aliphatic carbocycles. The van der Waals surface area contributed by atoms with Gasteiger partial charge in [-0.1, -0.05) is 24.4 Å². The number of benzene rings is 1. The SMILES string of the molecule is COc1ccc(CC(=S)N2CCCCC2)cc1. The molecule has 0 radical (unpaired) electrons. The van der Waals surface area contributed by atoms with E-state index in [1.165, 1.54) is 24.8 Å². The molecule has 0 N–H and O–H groups in total. The van der Waals surface area contributed by atoms with Gasteiger partial charge in [-0.3, -0.25) is 0 Å². The Morgan fingerprint density at radius 1 is 1.18 bits per heavy atom. The third kappa shape index (κ3) is 3.43. The number of hydrogen-bond acceptors (Lipinski definition) is 2. The summed E-state index contributed by atoms with van der Waals surface area (Å²) in [5.74, 6) is 0.901. The van der Waals surface area contributed by atoms with E-state index >= 15 is 0 Å². The number of likely N-dealkylation sites (tertiary alicyclic amines) is 1. The molecule has 0 aromatic heterocycles. The van der Waals surface area contributed by atoms with Gasteiger partial charge in [-0.25, -0.2) is 0 Å². The van der Waals surface area contributed by atoms with Gasteiger partial charge in [-0.05, 0) is 37.0 Å². The second-order valence-electron chi connectivity index (χ2n) is 4.47. The maximum atomic E-state index is 5.51. The molecule has 1 fully saturated rings. The Hall–Kier alpha value is -1.09. The van der Waals surface area contributed by atoms with Crippen LogP contribution in [0.1, 0.15) is 24.8 Å². The monoisotopic (exact) mass is 249 g/mol. The van der Waals surface area contributed by atoms with Crippen molar-refractivity contribution in [3.8, 4) is 5.75 Å². The van der Waals surface area contributed by atoms with Crippen LogP contribution in [0, 0.1) is 0 Å². The zero-order chi connectivity index (χ0) is 12.1. The topological polar surface area (TPSA) is 12.5 Å². The summed E-state index contributed by atoms with van der Waals surface area (Å²) in [6.07, 6.45) is 4.78. The molecule has 0 atom stereocenters. The fraction of sp³-hybridized carbons (Fsp3) is 0.500. The maximum absolute atomic E-state index is 5.51. The number of thiocarbonyl (C=S) groups is 1. The molecule has 1 aliphatic heterocycles. The van der Waals surface area contributed by atoms with E-state index < -0.39 is 0 Å². The van der Waals surface area contributed by atoms with Gasteiger partial charge in [0.1, 0.15) is 5.75 Å². The molecule has 1 aromatic carbocycles.